The summed E-state index contributed by atoms with van der Waals surface area (Å²) in [6.45, 7) is 0.399. The zero-order valence-corrected chi connectivity index (χ0v) is 12.2. The predicted molar refractivity (Wildman–Crippen MR) is 75.7 cm³/mol. The molecule has 1 heterocycles. The van der Waals surface area contributed by atoms with E-state index < -0.39 is 21.9 Å². The molecule has 0 aromatic heterocycles. The molecule has 0 radical (unpaired) electrons. The summed E-state index contributed by atoms with van der Waals surface area (Å²) < 4.78 is 25.9. The van der Waals surface area contributed by atoms with Crippen molar-refractivity contribution in [3.05, 3.63) is 35.4 Å². The minimum Gasteiger partial charge on any atom is -0.481 e. The van der Waals surface area contributed by atoms with E-state index in [1.54, 1.807) is 24.3 Å². The molecule has 21 heavy (non-hydrogen) atoms. The number of hydrogen-bond donors (Lipinski definition) is 1. The van der Waals surface area contributed by atoms with Gasteiger partial charge in [-0.3, -0.25) is 4.79 Å². The van der Waals surface area contributed by atoms with Gasteiger partial charge in [0.05, 0.1) is 23.3 Å². The molecule has 0 amide bonds. The molecule has 7 heteroatoms. The second kappa shape index (κ2) is 6.24. The lowest BCUT2D eigenvalue weighted by Crippen LogP contribution is -2.42. The van der Waals surface area contributed by atoms with Gasteiger partial charge in [0, 0.05) is 13.1 Å². The Balaban J connectivity index is 2.10. The van der Waals surface area contributed by atoms with Crippen LogP contribution in [0.2, 0.25) is 0 Å². The minimum absolute atomic E-state index is 0.0357. The molecule has 1 saturated heterocycles. The van der Waals surface area contributed by atoms with Crippen molar-refractivity contribution >= 4 is 16.0 Å². The van der Waals surface area contributed by atoms with E-state index in [9.17, 15) is 13.2 Å². The Morgan fingerprint density at radius 1 is 1.38 bits per heavy atom. The number of rotatable bonds is 4. The number of carboxylic acids is 1. The van der Waals surface area contributed by atoms with E-state index in [2.05, 4.69) is 0 Å². The summed E-state index contributed by atoms with van der Waals surface area (Å²) >= 11 is 0. The van der Waals surface area contributed by atoms with Gasteiger partial charge >= 0.3 is 5.97 Å². The summed E-state index contributed by atoms with van der Waals surface area (Å²) in [6.07, 6.45) is 1.07. The van der Waals surface area contributed by atoms with Crippen molar-refractivity contribution in [1.29, 1.82) is 5.26 Å². The van der Waals surface area contributed by atoms with Gasteiger partial charge in [0.2, 0.25) is 10.0 Å². The first kappa shape index (κ1) is 15.5. The number of sulfonamides is 1. The number of aliphatic carboxylic acids is 1. The largest absolute Gasteiger partial charge is 0.481 e. The van der Waals surface area contributed by atoms with E-state index in [-0.39, 0.29) is 12.3 Å². The van der Waals surface area contributed by atoms with Crippen LogP contribution in [0.4, 0.5) is 0 Å². The third-order valence-corrected chi connectivity index (χ3v) is 5.38. The average molecular weight is 308 g/mol. The summed E-state index contributed by atoms with van der Waals surface area (Å²) in [4.78, 5) is 11.0. The SMILES string of the molecule is N#Cc1ccc(CS(=O)(=O)N2CCC[C@@H](C(=O)O)C2)cc1. The highest BCUT2D eigenvalue weighted by molar-refractivity contribution is 7.88. The van der Waals surface area contributed by atoms with Crippen LogP contribution in [0.25, 0.3) is 0 Å². The van der Waals surface area contributed by atoms with E-state index in [0.29, 0.717) is 30.5 Å². The molecule has 0 saturated carbocycles. The van der Waals surface area contributed by atoms with Crippen molar-refractivity contribution in [1.82, 2.24) is 4.31 Å². The molecule has 1 aromatic rings. The van der Waals surface area contributed by atoms with Gasteiger partial charge in [-0.25, -0.2) is 12.7 Å². The van der Waals surface area contributed by atoms with Gasteiger partial charge in [-0.2, -0.15) is 5.26 Å². The number of nitrogens with zero attached hydrogens (tertiary/aromatic N) is 2. The summed E-state index contributed by atoms with van der Waals surface area (Å²) in [7, 11) is -3.54. The molecule has 0 unspecified atom stereocenters. The lowest BCUT2D eigenvalue weighted by molar-refractivity contribution is -0.142. The zero-order valence-electron chi connectivity index (χ0n) is 11.4. The molecule has 112 valence electrons. The summed E-state index contributed by atoms with van der Waals surface area (Å²) in [6, 6.07) is 8.33. The third kappa shape index (κ3) is 3.80. The van der Waals surface area contributed by atoms with Gasteiger partial charge in [0.25, 0.3) is 0 Å². The van der Waals surface area contributed by atoms with E-state index in [1.807, 2.05) is 6.07 Å². The maximum absolute atomic E-state index is 12.3. The monoisotopic (exact) mass is 308 g/mol. The maximum atomic E-state index is 12.3. The van der Waals surface area contributed by atoms with Gasteiger partial charge in [-0.05, 0) is 30.5 Å². The van der Waals surface area contributed by atoms with Crippen LogP contribution in [0.15, 0.2) is 24.3 Å². The van der Waals surface area contributed by atoms with Crippen molar-refractivity contribution in [3.8, 4) is 6.07 Å². The quantitative estimate of drug-likeness (QED) is 0.900. The van der Waals surface area contributed by atoms with Crippen LogP contribution in [0.5, 0.6) is 0 Å². The van der Waals surface area contributed by atoms with E-state index in [0.717, 1.165) is 0 Å². The molecule has 1 atom stereocenters. The predicted octanol–water partition coefficient (Wildman–Crippen LogP) is 1.18. The Bertz CT molecular complexity index is 661. The van der Waals surface area contributed by atoms with Crippen LogP contribution < -0.4 is 0 Å². The van der Waals surface area contributed by atoms with Crippen molar-refractivity contribution in [2.24, 2.45) is 5.92 Å². The van der Waals surface area contributed by atoms with Gasteiger partial charge in [0.1, 0.15) is 0 Å². The molecular weight excluding hydrogens is 292 g/mol. The van der Waals surface area contributed by atoms with Crippen LogP contribution in [-0.4, -0.2) is 36.9 Å². The summed E-state index contributed by atoms with van der Waals surface area (Å²) in [5.74, 6) is -1.76. The van der Waals surface area contributed by atoms with Crippen molar-refractivity contribution in [2.45, 2.75) is 18.6 Å². The van der Waals surface area contributed by atoms with E-state index >= 15 is 0 Å². The second-order valence-corrected chi connectivity index (χ2v) is 7.07. The van der Waals surface area contributed by atoms with Crippen LogP contribution in [-0.2, 0) is 20.6 Å². The van der Waals surface area contributed by atoms with Crippen molar-refractivity contribution in [3.63, 3.8) is 0 Å². The third-order valence-electron chi connectivity index (χ3n) is 3.56. The molecule has 0 spiro atoms. The molecule has 1 fully saturated rings. The maximum Gasteiger partial charge on any atom is 0.307 e. The molecule has 6 nitrogen and oxygen atoms in total. The van der Waals surface area contributed by atoms with Crippen molar-refractivity contribution in [2.75, 3.05) is 13.1 Å². The lowest BCUT2D eigenvalue weighted by atomic mass is 10.0. The number of nitriles is 1. The normalized spacial score (nSPS) is 19.9. The Morgan fingerprint density at radius 3 is 2.62 bits per heavy atom. The van der Waals surface area contributed by atoms with Crippen molar-refractivity contribution < 1.29 is 18.3 Å². The van der Waals surface area contributed by atoms with Crippen LogP contribution in [0.1, 0.15) is 24.0 Å². The Morgan fingerprint density at radius 2 is 2.05 bits per heavy atom. The average Bonchev–Trinajstić information content (AvgIpc) is 2.48. The number of carboxylic acid groups (broad SMARTS) is 1. The van der Waals surface area contributed by atoms with Crippen LogP contribution >= 0.6 is 0 Å². The standard InChI is InChI=1S/C14H16N2O4S/c15-8-11-3-5-12(6-4-11)10-21(19,20)16-7-1-2-13(9-16)14(17)18/h3-6,13H,1-2,7,9-10H2,(H,17,18)/t13-/m1/s1. The Hall–Kier alpha value is -1.91. The minimum atomic E-state index is -3.54. The first-order chi connectivity index (χ1) is 9.92. The highest BCUT2D eigenvalue weighted by Gasteiger charge is 2.32. The Labute approximate surface area is 123 Å². The highest BCUT2D eigenvalue weighted by Crippen LogP contribution is 2.21. The number of piperidine rings is 1. The van der Waals surface area contributed by atoms with E-state index in [1.165, 1.54) is 4.31 Å². The smallest absolute Gasteiger partial charge is 0.307 e. The molecule has 1 aliphatic heterocycles. The van der Waals surface area contributed by atoms with Gasteiger partial charge < -0.3 is 5.11 Å². The zero-order chi connectivity index (χ0) is 15.5. The topological polar surface area (TPSA) is 98.5 Å². The fourth-order valence-electron chi connectivity index (χ4n) is 2.37. The molecular formula is C14H16N2O4S. The molecule has 1 aliphatic rings. The molecule has 2 rings (SSSR count). The molecule has 0 bridgehead atoms. The second-order valence-electron chi connectivity index (χ2n) is 5.10. The van der Waals surface area contributed by atoms with Crippen LogP contribution in [0, 0.1) is 17.2 Å². The first-order valence-electron chi connectivity index (χ1n) is 6.62. The molecule has 1 N–H and O–H groups in total. The van der Waals surface area contributed by atoms with Gasteiger partial charge in [-0.15, -0.1) is 0 Å². The number of carbonyl (C=O) groups is 1. The molecule has 0 aliphatic carbocycles. The highest BCUT2D eigenvalue weighted by atomic mass is 32.2. The Kier molecular flexibility index (Phi) is 4.60. The fourth-order valence-corrected chi connectivity index (χ4v) is 3.98. The van der Waals surface area contributed by atoms with Gasteiger partial charge in [0.15, 0.2) is 0 Å². The lowest BCUT2D eigenvalue weighted by Gasteiger charge is -2.29. The molecule has 1 aromatic carbocycles. The fraction of sp³-hybridized carbons (Fsp3) is 0.429. The van der Waals surface area contributed by atoms with Crippen LogP contribution in [0.3, 0.4) is 0 Å². The van der Waals surface area contributed by atoms with E-state index in [4.69, 9.17) is 10.4 Å². The summed E-state index contributed by atoms with van der Waals surface area (Å²) in [5, 5.41) is 17.7. The van der Waals surface area contributed by atoms with Gasteiger partial charge in [-0.1, -0.05) is 12.1 Å². The first-order valence-corrected chi connectivity index (χ1v) is 8.23. The number of hydrogen-bond acceptors (Lipinski definition) is 4. The number of benzene rings is 1. The summed E-state index contributed by atoms with van der Waals surface area (Å²) in [5.41, 5.74) is 1.06.